The summed E-state index contributed by atoms with van der Waals surface area (Å²) in [6.07, 6.45) is 4.44. The van der Waals surface area contributed by atoms with Crippen LogP contribution >= 0.6 is 0 Å². The number of rotatable bonds is 8. The van der Waals surface area contributed by atoms with E-state index in [4.69, 9.17) is 0 Å². The summed E-state index contributed by atoms with van der Waals surface area (Å²) in [7, 11) is -3.40. The van der Waals surface area contributed by atoms with E-state index in [0.29, 0.717) is 19.4 Å². The lowest BCUT2D eigenvalue weighted by molar-refractivity contribution is -0.121. The van der Waals surface area contributed by atoms with Gasteiger partial charge >= 0.3 is 0 Å². The Labute approximate surface area is 143 Å². The number of benzene rings is 1. The van der Waals surface area contributed by atoms with Crippen LogP contribution in [0.25, 0.3) is 10.9 Å². The Morgan fingerprint density at radius 2 is 2.04 bits per heavy atom. The molecule has 1 aromatic carbocycles. The zero-order valence-electron chi connectivity index (χ0n) is 14.4. The van der Waals surface area contributed by atoms with Crippen molar-refractivity contribution in [2.24, 2.45) is 0 Å². The summed E-state index contributed by atoms with van der Waals surface area (Å²) in [5.74, 6) is -0.277. The van der Waals surface area contributed by atoms with E-state index >= 15 is 0 Å². The van der Waals surface area contributed by atoms with Crippen LogP contribution in [0.4, 0.5) is 0 Å². The Balaban J connectivity index is 1.91. The maximum atomic E-state index is 12.1. The van der Waals surface area contributed by atoms with Gasteiger partial charge in [-0.15, -0.1) is 0 Å². The van der Waals surface area contributed by atoms with Crippen LogP contribution < -0.4 is 5.32 Å². The van der Waals surface area contributed by atoms with Gasteiger partial charge in [0.25, 0.3) is 0 Å². The maximum Gasteiger partial charge on any atom is 0.235 e. The van der Waals surface area contributed by atoms with E-state index in [0.717, 1.165) is 22.7 Å². The minimum atomic E-state index is -3.40. The average molecular weight is 351 g/mol. The van der Waals surface area contributed by atoms with Gasteiger partial charge in [-0.3, -0.25) is 4.79 Å². The van der Waals surface area contributed by atoms with Crippen molar-refractivity contribution >= 4 is 26.8 Å². The SMILES string of the molecule is CCC(C)N(CC(=O)NCCc1c[nH]c2ccccc12)S(C)(=O)=O. The number of aromatic amines is 1. The van der Waals surface area contributed by atoms with Gasteiger partial charge in [0, 0.05) is 29.7 Å². The van der Waals surface area contributed by atoms with E-state index in [-0.39, 0.29) is 18.5 Å². The van der Waals surface area contributed by atoms with Crippen molar-refractivity contribution in [1.82, 2.24) is 14.6 Å². The number of para-hydroxylation sites is 1. The second-order valence-corrected chi connectivity index (χ2v) is 7.96. The van der Waals surface area contributed by atoms with Crippen molar-refractivity contribution in [2.75, 3.05) is 19.3 Å². The van der Waals surface area contributed by atoms with Crippen molar-refractivity contribution in [3.63, 3.8) is 0 Å². The standard InChI is InChI=1S/C17H25N3O3S/c1-4-13(2)20(24(3,22)23)12-17(21)18-10-9-14-11-19-16-8-6-5-7-15(14)16/h5-8,11,13,19H,4,9-10,12H2,1-3H3,(H,18,21). The highest BCUT2D eigenvalue weighted by molar-refractivity contribution is 7.88. The molecule has 2 rings (SSSR count). The molecule has 0 aliphatic carbocycles. The molecule has 0 saturated carbocycles. The third-order valence-corrected chi connectivity index (χ3v) is 5.54. The minimum absolute atomic E-state index is 0.137. The van der Waals surface area contributed by atoms with E-state index < -0.39 is 10.0 Å². The lowest BCUT2D eigenvalue weighted by atomic mass is 10.1. The molecule has 132 valence electrons. The van der Waals surface area contributed by atoms with Gasteiger partial charge in [0.05, 0.1) is 12.8 Å². The summed E-state index contributed by atoms with van der Waals surface area (Å²) in [4.78, 5) is 15.3. The maximum absolute atomic E-state index is 12.1. The molecule has 1 aromatic heterocycles. The number of nitrogens with zero attached hydrogens (tertiary/aromatic N) is 1. The lowest BCUT2D eigenvalue weighted by Crippen LogP contribution is -2.44. The van der Waals surface area contributed by atoms with E-state index in [1.165, 1.54) is 4.31 Å². The molecule has 0 saturated heterocycles. The topological polar surface area (TPSA) is 82.3 Å². The first kappa shape index (κ1) is 18.5. The molecule has 1 unspecified atom stereocenters. The smallest absolute Gasteiger partial charge is 0.235 e. The molecule has 2 N–H and O–H groups in total. The number of carbonyl (C=O) groups is 1. The number of nitrogens with one attached hydrogen (secondary N) is 2. The molecule has 1 atom stereocenters. The fourth-order valence-electron chi connectivity index (χ4n) is 2.68. The molecule has 24 heavy (non-hydrogen) atoms. The Morgan fingerprint density at radius 1 is 1.33 bits per heavy atom. The summed E-state index contributed by atoms with van der Waals surface area (Å²) in [6, 6.07) is 7.80. The molecule has 7 heteroatoms. The molecule has 2 aromatic rings. The van der Waals surface area contributed by atoms with Crippen LogP contribution in [0.2, 0.25) is 0 Å². The third-order valence-electron chi connectivity index (χ3n) is 4.20. The molecule has 0 fully saturated rings. The Morgan fingerprint density at radius 3 is 2.71 bits per heavy atom. The van der Waals surface area contributed by atoms with Gasteiger partial charge in [-0.2, -0.15) is 4.31 Å². The zero-order valence-corrected chi connectivity index (χ0v) is 15.2. The van der Waals surface area contributed by atoms with Gasteiger partial charge in [-0.25, -0.2) is 8.42 Å². The summed E-state index contributed by atoms with van der Waals surface area (Å²) in [5, 5.41) is 3.95. The second kappa shape index (κ2) is 7.81. The van der Waals surface area contributed by atoms with Crippen LogP contribution in [-0.4, -0.2) is 49.0 Å². The van der Waals surface area contributed by atoms with Crippen LogP contribution in [0.3, 0.4) is 0 Å². The van der Waals surface area contributed by atoms with Gasteiger partial charge in [0.2, 0.25) is 15.9 Å². The highest BCUT2D eigenvalue weighted by Gasteiger charge is 2.24. The Hall–Kier alpha value is -1.86. The van der Waals surface area contributed by atoms with Crippen molar-refractivity contribution in [1.29, 1.82) is 0 Å². The number of hydrogen-bond donors (Lipinski definition) is 2. The highest BCUT2D eigenvalue weighted by atomic mass is 32.2. The molecule has 0 spiro atoms. The van der Waals surface area contributed by atoms with Crippen LogP contribution in [0.5, 0.6) is 0 Å². The zero-order chi connectivity index (χ0) is 17.7. The second-order valence-electron chi connectivity index (χ2n) is 6.02. The van der Waals surface area contributed by atoms with Crippen LogP contribution in [0, 0.1) is 0 Å². The van der Waals surface area contributed by atoms with E-state index in [1.807, 2.05) is 37.4 Å². The summed E-state index contributed by atoms with van der Waals surface area (Å²) in [5.41, 5.74) is 2.20. The van der Waals surface area contributed by atoms with E-state index in [2.05, 4.69) is 10.3 Å². The normalized spacial score (nSPS) is 13.3. The number of amides is 1. The molecular formula is C17H25N3O3S. The van der Waals surface area contributed by atoms with Gasteiger partial charge in [-0.1, -0.05) is 25.1 Å². The molecule has 0 radical (unpaired) electrons. The largest absolute Gasteiger partial charge is 0.361 e. The average Bonchev–Trinajstić information content (AvgIpc) is 2.94. The van der Waals surface area contributed by atoms with Crippen molar-refractivity contribution in [3.05, 3.63) is 36.0 Å². The number of hydrogen-bond acceptors (Lipinski definition) is 3. The van der Waals surface area contributed by atoms with Gasteiger partial charge in [0.15, 0.2) is 0 Å². The first-order valence-electron chi connectivity index (χ1n) is 8.11. The molecule has 6 nitrogen and oxygen atoms in total. The minimum Gasteiger partial charge on any atom is -0.361 e. The molecule has 0 bridgehead atoms. The fourth-order valence-corrected chi connectivity index (χ4v) is 3.83. The summed E-state index contributed by atoms with van der Waals surface area (Å²) >= 11 is 0. The van der Waals surface area contributed by atoms with E-state index in [9.17, 15) is 13.2 Å². The Bertz CT molecular complexity index is 798. The van der Waals surface area contributed by atoms with Crippen molar-refractivity contribution < 1.29 is 13.2 Å². The number of sulfonamides is 1. The lowest BCUT2D eigenvalue weighted by Gasteiger charge is -2.25. The van der Waals surface area contributed by atoms with Gasteiger partial charge in [0.1, 0.15) is 0 Å². The third kappa shape index (κ3) is 4.58. The first-order valence-corrected chi connectivity index (χ1v) is 9.96. The number of H-pyrrole nitrogens is 1. The molecule has 0 aliphatic heterocycles. The summed E-state index contributed by atoms with van der Waals surface area (Å²) < 4.78 is 24.9. The number of fused-ring (bicyclic) bond motifs is 1. The van der Waals surface area contributed by atoms with Crippen LogP contribution in [0.1, 0.15) is 25.8 Å². The molecule has 1 amide bonds. The highest BCUT2D eigenvalue weighted by Crippen LogP contribution is 2.17. The monoisotopic (exact) mass is 351 g/mol. The number of aromatic nitrogens is 1. The number of carbonyl (C=O) groups excluding carboxylic acids is 1. The van der Waals surface area contributed by atoms with Crippen molar-refractivity contribution in [2.45, 2.75) is 32.7 Å². The molecule has 0 aliphatic rings. The quantitative estimate of drug-likeness (QED) is 0.762. The summed E-state index contributed by atoms with van der Waals surface area (Å²) in [6.45, 7) is 4.04. The van der Waals surface area contributed by atoms with Gasteiger partial charge in [-0.05, 0) is 31.4 Å². The first-order chi connectivity index (χ1) is 11.3. The fraction of sp³-hybridized carbons (Fsp3) is 0.471. The van der Waals surface area contributed by atoms with Gasteiger partial charge < -0.3 is 10.3 Å². The molecular weight excluding hydrogens is 326 g/mol. The Kier molecular flexibility index (Phi) is 6.01. The van der Waals surface area contributed by atoms with Crippen molar-refractivity contribution in [3.8, 4) is 0 Å². The van der Waals surface area contributed by atoms with Crippen LogP contribution in [-0.2, 0) is 21.2 Å². The predicted molar refractivity (Wildman–Crippen MR) is 96.3 cm³/mol. The van der Waals surface area contributed by atoms with E-state index in [1.54, 1.807) is 6.92 Å². The molecule has 1 heterocycles. The van der Waals surface area contributed by atoms with Crippen LogP contribution in [0.15, 0.2) is 30.5 Å². The predicted octanol–water partition coefficient (Wildman–Crippen LogP) is 1.89.